The molecule has 5 nitrogen and oxygen atoms in total. The van der Waals surface area contributed by atoms with Crippen molar-refractivity contribution in [3.05, 3.63) is 88.4 Å². The Morgan fingerprint density at radius 2 is 1.50 bits per heavy atom. The van der Waals surface area contributed by atoms with Gasteiger partial charge in [0.05, 0.1) is 32.3 Å². The zero-order chi connectivity index (χ0) is 20.3. The zero-order valence-electron chi connectivity index (χ0n) is 16.1. The van der Waals surface area contributed by atoms with E-state index >= 15 is 0 Å². The van der Waals surface area contributed by atoms with Crippen molar-refractivity contribution in [2.75, 3.05) is 0 Å². The summed E-state index contributed by atoms with van der Waals surface area (Å²) in [5.41, 5.74) is 7.05. The normalized spacial score (nSPS) is 12.2. The van der Waals surface area contributed by atoms with Crippen molar-refractivity contribution in [3.8, 4) is 0 Å². The molecule has 0 bridgehead atoms. The van der Waals surface area contributed by atoms with Gasteiger partial charge in [0.25, 0.3) is 0 Å². The standard InChI is InChI=1S/C23H17N5S2/c1-15-10-12-16(13-11-15)25-22(23-27-18-7-3-5-9-20(18)30-23)28-24-14-21-26-17-6-2-4-8-19(17)29-21/h2-14H,1H3,(H,25,28). The number of para-hydroxylation sites is 2. The summed E-state index contributed by atoms with van der Waals surface area (Å²) < 4.78 is 2.25. The van der Waals surface area contributed by atoms with Gasteiger partial charge in [0.15, 0.2) is 10.8 Å². The average Bonchev–Trinajstić information content (AvgIpc) is 3.38. The summed E-state index contributed by atoms with van der Waals surface area (Å²) in [6.07, 6.45) is 1.72. The molecule has 2 heterocycles. The molecule has 0 aliphatic rings. The molecule has 0 atom stereocenters. The van der Waals surface area contributed by atoms with Gasteiger partial charge in [0.2, 0.25) is 0 Å². The van der Waals surface area contributed by atoms with Crippen LogP contribution in [0.1, 0.15) is 15.6 Å². The predicted molar refractivity (Wildman–Crippen MR) is 127 cm³/mol. The molecule has 5 rings (SSSR count). The van der Waals surface area contributed by atoms with Crippen LogP contribution in [0.2, 0.25) is 0 Å². The number of thiazole rings is 2. The minimum atomic E-state index is 0.609. The van der Waals surface area contributed by atoms with Crippen LogP contribution in [0.5, 0.6) is 0 Å². The van der Waals surface area contributed by atoms with Gasteiger partial charge < -0.3 is 0 Å². The summed E-state index contributed by atoms with van der Waals surface area (Å²) in [6, 6.07) is 24.2. The van der Waals surface area contributed by atoms with E-state index in [-0.39, 0.29) is 0 Å². The fourth-order valence-corrected chi connectivity index (χ4v) is 4.68. The molecule has 146 valence electrons. The van der Waals surface area contributed by atoms with E-state index in [1.807, 2.05) is 60.7 Å². The van der Waals surface area contributed by atoms with Gasteiger partial charge in [-0.2, -0.15) is 5.10 Å². The van der Waals surface area contributed by atoms with Crippen molar-refractivity contribution in [2.24, 2.45) is 10.1 Å². The van der Waals surface area contributed by atoms with Crippen LogP contribution in [0.15, 0.2) is 82.9 Å². The predicted octanol–water partition coefficient (Wildman–Crippen LogP) is 5.92. The molecule has 0 saturated carbocycles. The van der Waals surface area contributed by atoms with E-state index in [4.69, 9.17) is 9.98 Å². The lowest BCUT2D eigenvalue weighted by Crippen LogP contribution is -2.18. The molecule has 30 heavy (non-hydrogen) atoms. The Kier molecular flexibility index (Phi) is 5.04. The van der Waals surface area contributed by atoms with Crippen molar-refractivity contribution in [1.29, 1.82) is 0 Å². The Bertz CT molecular complexity index is 1310. The van der Waals surface area contributed by atoms with Gasteiger partial charge in [0, 0.05) is 0 Å². The van der Waals surface area contributed by atoms with Crippen molar-refractivity contribution >= 4 is 60.8 Å². The van der Waals surface area contributed by atoms with E-state index in [0.29, 0.717) is 5.84 Å². The molecule has 0 fully saturated rings. The summed E-state index contributed by atoms with van der Waals surface area (Å²) in [6.45, 7) is 2.06. The van der Waals surface area contributed by atoms with Gasteiger partial charge in [-0.05, 0) is 43.3 Å². The SMILES string of the molecule is Cc1ccc(N=C(NN=Cc2nc3ccccc3s2)c2nc3ccccc3s2)cc1. The summed E-state index contributed by atoms with van der Waals surface area (Å²) in [5, 5.41) is 6.03. The molecule has 1 N–H and O–H groups in total. The first kappa shape index (κ1) is 18.6. The lowest BCUT2D eigenvalue weighted by atomic mass is 10.2. The first-order valence-electron chi connectivity index (χ1n) is 9.40. The molecule has 2 aromatic heterocycles. The minimum Gasteiger partial charge on any atom is -0.259 e. The van der Waals surface area contributed by atoms with Crippen LogP contribution in [0, 0.1) is 6.92 Å². The Hall–Kier alpha value is -3.42. The first-order chi connectivity index (χ1) is 14.7. The molecular weight excluding hydrogens is 410 g/mol. The van der Waals surface area contributed by atoms with Crippen LogP contribution < -0.4 is 5.43 Å². The number of fused-ring (bicyclic) bond motifs is 2. The zero-order valence-corrected chi connectivity index (χ0v) is 17.7. The number of aliphatic imine (C=N–C) groups is 1. The van der Waals surface area contributed by atoms with Crippen LogP contribution in [0.25, 0.3) is 20.4 Å². The molecule has 3 aromatic carbocycles. The van der Waals surface area contributed by atoms with Gasteiger partial charge in [-0.15, -0.1) is 22.7 Å². The Labute approximate surface area is 181 Å². The van der Waals surface area contributed by atoms with E-state index < -0.39 is 0 Å². The maximum Gasteiger partial charge on any atom is 0.183 e. The largest absolute Gasteiger partial charge is 0.259 e. The van der Waals surface area contributed by atoms with E-state index in [2.05, 4.69) is 34.6 Å². The molecule has 0 amide bonds. The third-order valence-electron chi connectivity index (χ3n) is 4.43. The highest BCUT2D eigenvalue weighted by molar-refractivity contribution is 7.20. The quantitative estimate of drug-likeness (QED) is 0.220. The summed E-state index contributed by atoms with van der Waals surface area (Å²) in [7, 11) is 0. The monoisotopic (exact) mass is 427 g/mol. The van der Waals surface area contributed by atoms with Crippen LogP contribution in [0.3, 0.4) is 0 Å². The second kappa shape index (κ2) is 8.14. The van der Waals surface area contributed by atoms with Gasteiger partial charge in [0.1, 0.15) is 5.01 Å². The average molecular weight is 428 g/mol. The third-order valence-corrected chi connectivity index (χ3v) is 6.44. The van der Waals surface area contributed by atoms with Crippen LogP contribution >= 0.6 is 22.7 Å². The summed E-state index contributed by atoms with van der Waals surface area (Å²) in [5.74, 6) is 0.609. The maximum absolute atomic E-state index is 4.76. The number of benzene rings is 3. The number of amidine groups is 1. The molecule has 7 heteroatoms. The molecule has 0 spiro atoms. The number of hydrogen-bond donors (Lipinski definition) is 1. The number of rotatable bonds is 4. The minimum absolute atomic E-state index is 0.609. The number of hydrogen-bond acceptors (Lipinski definition) is 6. The summed E-state index contributed by atoms with van der Waals surface area (Å²) in [4.78, 5) is 14.1. The third kappa shape index (κ3) is 3.98. The first-order valence-corrected chi connectivity index (χ1v) is 11.0. The lowest BCUT2D eigenvalue weighted by molar-refractivity contribution is 1.03. The molecule has 0 radical (unpaired) electrons. The second-order valence-electron chi connectivity index (χ2n) is 6.67. The Morgan fingerprint density at radius 3 is 2.20 bits per heavy atom. The van der Waals surface area contributed by atoms with E-state index in [1.54, 1.807) is 28.9 Å². The highest BCUT2D eigenvalue weighted by Crippen LogP contribution is 2.24. The Morgan fingerprint density at radius 1 is 0.833 bits per heavy atom. The fourth-order valence-electron chi connectivity index (χ4n) is 2.94. The van der Waals surface area contributed by atoms with Gasteiger partial charge in [-0.3, -0.25) is 5.43 Å². The highest BCUT2D eigenvalue weighted by Gasteiger charge is 2.10. The van der Waals surface area contributed by atoms with Crippen molar-refractivity contribution in [2.45, 2.75) is 6.92 Å². The van der Waals surface area contributed by atoms with Gasteiger partial charge >= 0.3 is 0 Å². The van der Waals surface area contributed by atoms with Crippen LogP contribution in [0.4, 0.5) is 5.69 Å². The molecule has 0 saturated heterocycles. The van der Waals surface area contributed by atoms with Crippen molar-refractivity contribution < 1.29 is 0 Å². The number of aryl methyl sites for hydroxylation is 1. The number of nitrogens with one attached hydrogen (secondary N) is 1. The van der Waals surface area contributed by atoms with Gasteiger partial charge in [-0.25, -0.2) is 15.0 Å². The van der Waals surface area contributed by atoms with E-state index in [0.717, 1.165) is 36.1 Å². The summed E-state index contributed by atoms with van der Waals surface area (Å²) >= 11 is 3.19. The smallest absolute Gasteiger partial charge is 0.183 e. The fraction of sp³-hybridized carbons (Fsp3) is 0.0435. The highest BCUT2D eigenvalue weighted by atomic mass is 32.1. The maximum atomic E-state index is 4.76. The van der Waals surface area contributed by atoms with Crippen molar-refractivity contribution in [1.82, 2.24) is 15.4 Å². The van der Waals surface area contributed by atoms with Gasteiger partial charge in [-0.1, -0.05) is 42.0 Å². The van der Waals surface area contributed by atoms with E-state index in [9.17, 15) is 0 Å². The molecule has 5 aromatic rings. The second-order valence-corrected chi connectivity index (χ2v) is 8.77. The van der Waals surface area contributed by atoms with Crippen LogP contribution in [-0.2, 0) is 0 Å². The lowest BCUT2D eigenvalue weighted by Gasteiger charge is -2.03. The number of nitrogens with zero attached hydrogens (tertiary/aromatic N) is 4. The topological polar surface area (TPSA) is 62.5 Å². The van der Waals surface area contributed by atoms with Crippen molar-refractivity contribution in [3.63, 3.8) is 0 Å². The molecule has 0 aliphatic carbocycles. The molecule has 0 aliphatic heterocycles. The molecule has 0 unspecified atom stereocenters. The van der Waals surface area contributed by atoms with E-state index in [1.165, 1.54) is 5.56 Å². The molecular formula is C23H17N5S2. The number of hydrazone groups is 1. The number of aromatic nitrogens is 2. The Balaban J connectivity index is 1.47. The van der Waals surface area contributed by atoms with Crippen LogP contribution in [-0.4, -0.2) is 22.0 Å².